The Kier molecular flexibility index (Phi) is 5.14. The second kappa shape index (κ2) is 6.90. The molecule has 0 bridgehead atoms. The Morgan fingerprint density at radius 2 is 2.00 bits per heavy atom. The molecule has 0 saturated carbocycles. The van der Waals surface area contributed by atoms with Crippen molar-refractivity contribution >= 4 is 16.0 Å². The maximum atomic E-state index is 12.5. The van der Waals surface area contributed by atoms with Gasteiger partial charge < -0.3 is 14.3 Å². The normalized spacial score (nSPS) is 11.7. The SMILES string of the molecule is COC(=O)c1nc(-c2ccccc2)oc1S(=O)(=O)N(C)CCO. The molecule has 1 heterocycles. The summed E-state index contributed by atoms with van der Waals surface area (Å²) in [4.78, 5) is 15.8. The van der Waals surface area contributed by atoms with Gasteiger partial charge in [0, 0.05) is 19.2 Å². The van der Waals surface area contributed by atoms with Crippen LogP contribution in [0.2, 0.25) is 0 Å². The first-order chi connectivity index (χ1) is 10.9. The van der Waals surface area contributed by atoms with Crippen molar-refractivity contribution in [2.24, 2.45) is 0 Å². The zero-order valence-electron chi connectivity index (χ0n) is 12.6. The third-order valence-electron chi connectivity index (χ3n) is 3.06. The van der Waals surface area contributed by atoms with E-state index < -0.39 is 26.8 Å². The molecule has 2 aromatic rings. The number of hydrogen-bond acceptors (Lipinski definition) is 7. The topological polar surface area (TPSA) is 110 Å². The lowest BCUT2D eigenvalue weighted by Gasteiger charge is -2.13. The molecule has 0 aliphatic heterocycles. The number of sulfonamides is 1. The summed E-state index contributed by atoms with van der Waals surface area (Å²) in [5.74, 6) is -0.936. The number of rotatable bonds is 6. The van der Waals surface area contributed by atoms with E-state index in [0.717, 1.165) is 11.4 Å². The summed E-state index contributed by atoms with van der Waals surface area (Å²) in [6.07, 6.45) is 0. The minimum absolute atomic E-state index is 0.0121. The molecule has 1 aromatic carbocycles. The van der Waals surface area contributed by atoms with E-state index in [1.54, 1.807) is 30.3 Å². The van der Waals surface area contributed by atoms with Crippen molar-refractivity contribution in [3.63, 3.8) is 0 Å². The number of oxazole rings is 1. The number of nitrogens with zero attached hydrogens (tertiary/aromatic N) is 2. The van der Waals surface area contributed by atoms with Crippen LogP contribution in [0.5, 0.6) is 0 Å². The van der Waals surface area contributed by atoms with Gasteiger partial charge in [-0.05, 0) is 12.1 Å². The van der Waals surface area contributed by atoms with Crippen molar-refractivity contribution in [3.8, 4) is 11.5 Å². The van der Waals surface area contributed by atoms with Crippen molar-refractivity contribution in [3.05, 3.63) is 36.0 Å². The van der Waals surface area contributed by atoms with E-state index >= 15 is 0 Å². The Morgan fingerprint density at radius 1 is 1.35 bits per heavy atom. The molecule has 8 nitrogen and oxygen atoms in total. The van der Waals surface area contributed by atoms with Crippen molar-refractivity contribution in [1.29, 1.82) is 0 Å². The summed E-state index contributed by atoms with van der Waals surface area (Å²) < 4.78 is 35.7. The van der Waals surface area contributed by atoms with Crippen LogP contribution in [0.15, 0.2) is 39.8 Å². The summed E-state index contributed by atoms with van der Waals surface area (Å²) in [6.45, 7) is -0.521. The fraction of sp³-hybridized carbons (Fsp3) is 0.286. The van der Waals surface area contributed by atoms with Gasteiger partial charge in [-0.1, -0.05) is 18.2 Å². The Labute approximate surface area is 133 Å². The molecule has 0 saturated heterocycles. The number of benzene rings is 1. The van der Waals surface area contributed by atoms with E-state index in [0.29, 0.717) is 5.56 Å². The number of hydrogen-bond donors (Lipinski definition) is 1. The number of esters is 1. The predicted molar refractivity (Wildman–Crippen MR) is 80.2 cm³/mol. The summed E-state index contributed by atoms with van der Waals surface area (Å²) >= 11 is 0. The van der Waals surface area contributed by atoms with Crippen molar-refractivity contribution < 1.29 is 27.5 Å². The molecule has 1 aromatic heterocycles. The average Bonchev–Trinajstić information content (AvgIpc) is 3.01. The molecule has 0 fully saturated rings. The molecule has 0 amide bonds. The zero-order chi connectivity index (χ0) is 17.0. The molecule has 23 heavy (non-hydrogen) atoms. The minimum atomic E-state index is -4.13. The van der Waals surface area contributed by atoms with Crippen LogP contribution in [0, 0.1) is 0 Å². The van der Waals surface area contributed by atoms with Gasteiger partial charge in [-0.25, -0.2) is 18.2 Å². The lowest BCUT2D eigenvalue weighted by molar-refractivity contribution is 0.0587. The minimum Gasteiger partial charge on any atom is -0.464 e. The molecule has 0 unspecified atom stereocenters. The average molecular weight is 340 g/mol. The largest absolute Gasteiger partial charge is 0.464 e. The van der Waals surface area contributed by atoms with Gasteiger partial charge in [0.05, 0.1) is 13.7 Å². The number of aromatic nitrogens is 1. The number of carbonyl (C=O) groups is 1. The molecular formula is C14H16N2O6S. The van der Waals surface area contributed by atoms with Gasteiger partial charge in [0.25, 0.3) is 15.1 Å². The molecule has 0 aliphatic carbocycles. The zero-order valence-corrected chi connectivity index (χ0v) is 13.4. The van der Waals surface area contributed by atoms with Gasteiger partial charge in [-0.15, -0.1) is 0 Å². The molecule has 0 spiro atoms. The number of carbonyl (C=O) groups excluding carboxylic acids is 1. The van der Waals surface area contributed by atoms with E-state index in [1.165, 1.54) is 7.05 Å². The Balaban J connectivity index is 2.58. The van der Waals surface area contributed by atoms with Gasteiger partial charge >= 0.3 is 5.97 Å². The molecule has 2 rings (SSSR count). The van der Waals surface area contributed by atoms with Crippen LogP contribution in [0.4, 0.5) is 0 Å². The molecule has 1 N–H and O–H groups in total. The van der Waals surface area contributed by atoms with Crippen LogP contribution >= 0.6 is 0 Å². The lowest BCUT2D eigenvalue weighted by Crippen LogP contribution is -2.30. The van der Waals surface area contributed by atoms with E-state index in [2.05, 4.69) is 9.72 Å². The van der Waals surface area contributed by atoms with E-state index in [4.69, 9.17) is 9.52 Å². The van der Waals surface area contributed by atoms with Gasteiger partial charge in [0.1, 0.15) is 0 Å². The highest BCUT2D eigenvalue weighted by atomic mass is 32.2. The number of aliphatic hydroxyl groups excluding tert-OH is 1. The summed E-state index contributed by atoms with van der Waals surface area (Å²) in [5.41, 5.74) is 0.0834. The van der Waals surface area contributed by atoms with Crippen LogP contribution in [-0.4, -0.2) is 56.1 Å². The fourth-order valence-electron chi connectivity index (χ4n) is 1.81. The van der Waals surface area contributed by atoms with Gasteiger partial charge in [-0.3, -0.25) is 0 Å². The van der Waals surface area contributed by atoms with Crippen LogP contribution in [-0.2, 0) is 14.8 Å². The molecule has 124 valence electrons. The molecule has 0 radical (unpaired) electrons. The van der Waals surface area contributed by atoms with E-state index in [-0.39, 0.29) is 19.0 Å². The summed E-state index contributed by atoms with van der Waals surface area (Å²) in [7, 11) is -1.75. The van der Waals surface area contributed by atoms with Crippen molar-refractivity contribution in [1.82, 2.24) is 9.29 Å². The molecular weight excluding hydrogens is 324 g/mol. The molecule has 0 atom stereocenters. The second-order valence-electron chi connectivity index (χ2n) is 4.56. The second-order valence-corrected chi connectivity index (χ2v) is 6.51. The van der Waals surface area contributed by atoms with Crippen LogP contribution < -0.4 is 0 Å². The Hall–Kier alpha value is -2.23. The monoisotopic (exact) mass is 340 g/mol. The Morgan fingerprint density at radius 3 is 2.57 bits per heavy atom. The van der Waals surface area contributed by atoms with Crippen LogP contribution in [0.1, 0.15) is 10.5 Å². The van der Waals surface area contributed by atoms with Gasteiger partial charge in [0.15, 0.2) is 0 Å². The maximum absolute atomic E-state index is 12.5. The van der Waals surface area contributed by atoms with Crippen molar-refractivity contribution in [2.75, 3.05) is 27.3 Å². The third-order valence-corrected chi connectivity index (χ3v) is 4.80. The van der Waals surface area contributed by atoms with Crippen molar-refractivity contribution in [2.45, 2.75) is 5.09 Å². The molecule has 0 aliphatic rings. The number of ether oxygens (including phenoxy) is 1. The smallest absolute Gasteiger partial charge is 0.361 e. The third kappa shape index (κ3) is 3.41. The van der Waals surface area contributed by atoms with Crippen LogP contribution in [0.3, 0.4) is 0 Å². The highest BCUT2D eigenvalue weighted by Crippen LogP contribution is 2.27. The maximum Gasteiger partial charge on any atom is 0.361 e. The highest BCUT2D eigenvalue weighted by Gasteiger charge is 2.34. The Bertz CT molecular complexity index is 785. The predicted octanol–water partition coefficient (Wildman–Crippen LogP) is 0.741. The fourth-order valence-corrected chi connectivity index (χ4v) is 2.98. The quantitative estimate of drug-likeness (QED) is 0.772. The summed E-state index contributed by atoms with van der Waals surface area (Å²) in [6, 6.07) is 8.56. The first-order valence-corrected chi connectivity index (χ1v) is 8.07. The number of methoxy groups -OCH3 is 1. The van der Waals surface area contributed by atoms with Gasteiger partial charge in [-0.2, -0.15) is 4.31 Å². The number of aliphatic hydroxyl groups is 1. The van der Waals surface area contributed by atoms with Gasteiger partial charge in [0.2, 0.25) is 11.6 Å². The standard InChI is InChI=1S/C14H16N2O6S/c1-16(8-9-17)23(19,20)14-11(13(18)21-2)15-12(22-14)10-6-4-3-5-7-10/h3-7,17H,8-9H2,1-2H3. The number of likely N-dealkylation sites (N-methyl/N-ethyl adjacent to an activating group) is 1. The molecule has 9 heteroatoms. The van der Waals surface area contributed by atoms with E-state index in [9.17, 15) is 13.2 Å². The lowest BCUT2D eigenvalue weighted by atomic mass is 10.2. The van der Waals surface area contributed by atoms with Crippen LogP contribution in [0.25, 0.3) is 11.5 Å². The highest BCUT2D eigenvalue weighted by molar-refractivity contribution is 7.89. The van der Waals surface area contributed by atoms with E-state index in [1.807, 2.05) is 0 Å². The first kappa shape index (κ1) is 17.1. The first-order valence-electron chi connectivity index (χ1n) is 6.63. The summed E-state index contributed by atoms with van der Waals surface area (Å²) in [5, 5.41) is 8.30.